The van der Waals surface area contributed by atoms with Gasteiger partial charge < -0.3 is 15.4 Å². The van der Waals surface area contributed by atoms with E-state index < -0.39 is 0 Å². The highest BCUT2D eigenvalue weighted by atomic mass is 16.5. The number of carbonyl (C=O) groups is 1. The van der Waals surface area contributed by atoms with E-state index in [-0.39, 0.29) is 5.91 Å². The standard InChI is InChI=1S/C15H22N2O2/c1-2-17(10-13-6-7-19-11-13)15(18)9-12-4-3-5-14(16)8-12/h3-5,8,13H,2,6-7,9-11,16H2,1H3. The van der Waals surface area contributed by atoms with Crippen molar-refractivity contribution in [2.24, 2.45) is 5.92 Å². The zero-order chi connectivity index (χ0) is 13.7. The Hall–Kier alpha value is -1.55. The average molecular weight is 262 g/mol. The quantitative estimate of drug-likeness (QED) is 0.822. The lowest BCUT2D eigenvalue weighted by Crippen LogP contribution is -2.36. The molecular weight excluding hydrogens is 240 g/mol. The molecule has 1 heterocycles. The van der Waals surface area contributed by atoms with Crippen molar-refractivity contribution in [1.82, 2.24) is 4.90 Å². The van der Waals surface area contributed by atoms with Crippen molar-refractivity contribution >= 4 is 11.6 Å². The van der Waals surface area contributed by atoms with E-state index in [1.54, 1.807) is 0 Å². The molecule has 1 saturated heterocycles. The predicted octanol–water partition coefficient (Wildman–Crippen LogP) is 1.70. The van der Waals surface area contributed by atoms with Crippen LogP contribution < -0.4 is 5.73 Å². The van der Waals surface area contributed by atoms with Crippen LogP contribution in [-0.4, -0.2) is 37.1 Å². The molecule has 0 aliphatic carbocycles. The zero-order valence-electron chi connectivity index (χ0n) is 11.5. The Morgan fingerprint density at radius 3 is 3.00 bits per heavy atom. The van der Waals surface area contributed by atoms with Crippen LogP contribution in [0, 0.1) is 5.92 Å². The van der Waals surface area contributed by atoms with Crippen LogP contribution in [-0.2, 0) is 16.0 Å². The molecule has 19 heavy (non-hydrogen) atoms. The van der Waals surface area contributed by atoms with E-state index in [2.05, 4.69) is 0 Å². The Bertz CT molecular complexity index is 428. The SMILES string of the molecule is CCN(CC1CCOC1)C(=O)Cc1cccc(N)c1. The van der Waals surface area contributed by atoms with Crippen LogP contribution >= 0.6 is 0 Å². The van der Waals surface area contributed by atoms with Crippen LogP contribution in [0.2, 0.25) is 0 Å². The van der Waals surface area contributed by atoms with E-state index in [9.17, 15) is 4.79 Å². The fourth-order valence-electron chi connectivity index (χ4n) is 2.44. The highest BCUT2D eigenvalue weighted by Gasteiger charge is 2.21. The maximum Gasteiger partial charge on any atom is 0.226 e. The van der Waals surface area contributed by atoms with Gasteiger partial charge in [-0.2, -0.15) is 0 Å². The Labute approximate surface area is 114 Å². The first-order valence-corrected chi connectivity index (χ1v) is 6.89. The van der Waals surface area contributed by atoms with Crippen molar-refractivity contribution in [3.05, 3.63) is 29.8 Å². The maximum atomic E-state index is 12.3. The second-order valence-corrected chi connectivity index (χ2v) is 5.08. The fourth-order valence-corrected chi connectivity index (χ4v) is 2.44. The molecule has 1 atom stereocenters. The van der Waals surface area contributed by atoms with Gasteiger partial charge in [-0.3, -0.25) is 4.79 Å². The average Bonchev–Trinajstić information content (AvgIpc) is 2.88. The minimum Gasteiger partial charge on any atom is -0.399 e. The Morgan fingerprint density at radius 2 is 2.37 bits per heavy atom. The number of hydrogen-bond donors (Lipinski definition) is 1. The van der Waals surface area contributed by atoms with Gasteiger partial charge in [0.05, 0.1) is 13.0 Å². The Kier molecular flexibility index (Phi) is 4.80. The van der Waals surface area contributed by atoms with Gasteiger partial charge in [0.25, 0.3) is 0 Å². The molecule has 1 aliphatic rings. The summed E-state index contributed by atoms with van der Waals surface area (Å²) in [6.07, 6.45) is 1.48. The van der Waals surface area contributed by atoms with E-state index in [4.69, 9.17) is 10.5 Å². The summed E-state index contributed by atoms with van der Waals surface area (Å²) in [5.41, 5.74) is 7.42. The molecule has 1 aromatic rings. The van der Waals surface area contributed by atoms with Gasteiger partial charge in [-0.05, 0) is 31.0 Å². The first kappa shape index (κ1) is 13.9. The van der Waals surface area contributed by atoms with Gasteiger partial charge >= 0.3 is 0 Å². The van der Waals surface area contributed by atoms with Crippen molar-refractivity contribution in [2.45, 2.75) is 19.8 Å². The van der Waals surface area contributed by atoms with Gasteiger partial charge in [-0.15, -0.1) is 0 Å². The topological polar surface area (TPSA) is 55.6 Å². The number of hydrogen-bond acceptors (Lipinski definition) is 3. The van der Waals surface area contributed by atoms with Crippen molar-refractivity contribution in [2.75, 3.05) is 32.0 Å². The monoisotopic (exact) mass is 262 g/mol. The van der Waals surface area contributed by atoms with E-state index in [0.29, 0.717) is 18.0 Å². The molecule has 4 nitrogen and oxygen atoms in total. The summed E-state index contributed by atoms with van der Waals surface area (Å²) in [4.78, 5) is 14.2. The van der Waals surface area contributed by atoms with Crippen LogP contribution in [0.15, 0.2) is 24.3 Å². The minimum absolute atomic E-state index is 0.167. The van der Waals surface area contributed by atoms with Crippen molar-refractivity contribution in [3.8, 4) is 0 Å². The summed E-state index contributed by atoms with van der Waals surface area (Å²) in [6, 6.07) is 7.53. The number of nitrogen functional groups attached to an aromatic ring is 1. The molecule has 2 N–H and O–H groups in total. The lowest BCUT2D eigenvalue weighted by Gasteiger charge is -2.23. The van der Waals surface area contributed by atoms with Gasteiger partial charge in [0.15, 0.2) is 0 Å². The second-order valence-electron chi connectivity index (χ2n) is 5.08. The number of rotatable bonds is 5. The smallest absolute Gasteiger partial charge is 0.226 e. The number of carbonyl (C=O) groups excluding carboxylic acids is 1. The fraction of sp³-hybridized carbons (Fsp3) is 0.533. The highest BCUT2D eigenvalue weighted by Crippen LogP contribution is 2.15. The Morgan fingerprint density at radius 1 is 1.53 bits per heavy atom. The van der Waals surface area contributed by atoms with Gasteiger partial charge in [0.2, 0.25) is 5.91 Å². The predicted molar refractivity (Wildman–Crippen MR) is 75.7 cm³/mol. The number of benzene rings is 1. The van der Waals surface area contributed by atoms with Crippen LogP contribution in [0.5, 0.6) is 0 Å². The molecule has 1 fully saturated rings. The molecule has 0 bridgehead atoms. The third-order valence-corrected chi connectivity index (χ3v) is 3.54. The first-order chi connectivity index (χ1) is 9.19. The number of anilines is 1. The number of amides is 1. The van der Waals surface area contributed by atoms with Crippen molar-refractivity contribution < 1.29 is 9.53 Å². The number of nitrogens with zero attached hydrogens (tertiary/aromatic N) is 1. The summed E-state index contributed by atoms with van der Waals surface area (Å²) < 4.78 is 5.36. The van der Waals surface area contributed by atoms with E-state index >= 15 is 0 Å². The van der Waals surface area contributed by atoms with Gasteiger partial charge in [0.1, 0.15) is 0 Å². The lowest BCUT2D eigenvalue weighted by molar-refractivity contribution is -0.130. The number of nitrogens with two attached hydrogens (primary N) is 1. The molecular formula is C15H22N2O2. The molecule has 1 aliphatic heterocycles. The molecule has 1 aromatic carbocycles. The van der Waals surface area contributed by atoms with Crippen LogP contribution in [0.25, 0.3) is 0 Å². The van der Waals surface area contributed by atoms with Crippen LogP contribution in [0.4, 0.5) is 5.69 Å². The molecule has 4 heteroatoms. The molecule has 2 rings (SSSR count). The Balaban J connectivity index is 1.92. The van der Waals surface area contributed by atoms with E-state index in [0.717, 1.165) is 38.3 Å². The van der Waals surface area contributed by atoms with Gasteiger partial charge in [-0.25, -0.2) is 0 Å². The molecule has 0 radical (unpaired) electrons. The second kappa shape index (κ2) is 6.57. The molecule has 104 valence electrons. The molecule has 0 aromatic heterocycles. The lowest BCUT2D eigenvalue weighted by atomic mass is 10.1. The first-order valence-electron chi connectivity index (χ1n) is 6.89. The molecule has 1 amide bonds. The third-order valence-electron chi connectivity index (χ3n) is 3.54. The molecule has 0 spiro atoms. The number of ether oxygens (including phenoxy) is 1. The van der Waals surface area contributed by atoms with Gasteiger partial charge in [0, 0.05) is 31.3 Å². The summed E-state index contributed by atoms with van der Waals surface area (Å²) >= 11 is 0. The summed E-state index contributed by atoms with van der Waals surface area (Å²) in [7, 11) is 0. The van der Waals surface area contributed by atoms with E-state index in [1.807, 2.05) is 36.1 Å². The summed E-state index contributed by atoms with van der Waals surface area (Å²) in [6.45, 7) is 5.18. The number of likely N-dealkylation sites (N-methyl/N-ethyl adjacent to an activating group) is 1. The van der Waals surface area contributed by atoms with Gasteiger partial charge in [-0.1, -0.05) is 12.1 Å². The van der Waals surface area contributed by atoms with Crippen molar-refractivity contribution in [1.29, 1.82) is 0 Å². The van der Waals surface area contributed by atoms with Crippen LogP contribution in [0.3, 0.4) is 0 Å². The van der Waals surface area contributed by atoms with Crippen molar-refractivity contribution in [3.63, 3.8) is 0 Å². The maximum absolute atomic E-state index is 12.3. The molecule has 0 saturated carbocycles. The largest absolute Gasteiger partial charge is 0.399 e. The summed E-state index contributed by atoms with van der Waals surface area (Å²) in [5, 5.41) is 0. The normalized spacial score (nSPS) is 18.5. The highest BCUT2D eigenvalue weighted by molar-refractivity contribution is 5.79. The third kappa shape index (κ3) is 3.96. The molecule has 1 unspecified atom stereocenters. The van der Waals surface area contributed by atoms with Crippen LogP contribution in [0.1, 0.15) is 18.9 Å². The summed E-state index contributed by atoms with van der Waals surface area (Å²) in [5.74, 6) is 0.657. The minimum atomic E-state index is 0.167. The zero-order valence-corrected chi connectivity index (χ0v) is 11.5. The van der Waals surface area contributed by atoms with E-state index in [1.165, 1.54) is 0 Å².